The van der Waals surface area contributed by atoms with Gasteiger partial charge in [0.15, 0.2) is 5.82 Å². The van der Waals surface area contributed by atoms with Crippen LogP contribution in [0.5, 0.6) is 0 Å². The van der Waals surface area contributed by atoms with Gasteiger partial charge in [0, 0.05) is 30.1 Å². The van der Waals surface area contributed by atoms with Crippen LogP contribution in [-0.2, 0) is 11.3 Å². The molecular formula is C18H14F2N4O. The molecule has 0 unspecified atom stereocenters. The summed E-state index contributed by atoms with van der Waals surface area (Å²) in [4.78, 5) is 16.1. The number of hydrogen-bond acceptors (Lipinski definition) is 3. The summed E-state index contributed by atoms with van der Waals surface area (Å²) in [5, 5.41) is 6.73. The largest absolute Gasteiger partial charge is 0.306 e. The minimum absolute atomic E-state index is 0.265. The second-order valence-corrected chi connectivity index (χ2v) is 5.18. The molecule has 25 heavy (non-hydrogen) atoms. The average Bonchev–Trinajstić information content (AvgIpc) is 3.02. The Bertz CT molecular complexity index is 886. The Morgan fingerprint density at radius 1 is 1.12 bits per heavy atom. The molecule has 0 fully saturated rings. The van der Waals surface area contributed by atoms with Crippen LogP contribution in [0, 0.1) is 11.6 Å². The Kier molecular flexibility index (Phi) is 4.94. The minimum Gasteiger partial charge on any atom is -0.306 e. The van der Waals surface area contributed by atoms with Gasteiger partial charge in [0.05, 0.1) is 12.2 Å². The summed E-state index contributed by atoms with van der Waals surface area (Å²) in [6, 6.07) is 10.7. The molecule has 7 heteroatoms. The fraction of sp³-hybridized carbons (Fsp3) is 0.0556. The standard InChI is InChI=1S/C18H14F2N4O/c19-15-5-3-6-16(20)14(15)7-8-18(25)22-17-9-11-24(23-17)12-13-4-1-2-10-21-13/h1-11H,12H2,(H,22,23,25)/b8-7+. The van der Waals surface area contributed by atoms with Crippen LogP contribution in [0.3, 0.4) is 0 Å². The van der Waals surface area contributed by atoms with E-state index in [0.29, 0.717) is 12.4 Å². The topological polar surface area (TPSA) is 59.8 Å². The van der Waals surface area contributed by atoms with E-state index in [-0.39, 0.29) is 5.56 Å². The Labute approximate surface area is 142 Å². The van der Waals surface area contributed by atoms with Crippen LogP contribution >= 0.6 is 0 Å². The van der Waals surface area contributed by atoms with Crippen molar-refractivity contribution in [1.82, 2.24) is 14.8 Å². The zero-order valence-corrected chi connectivity index (χ0v) is 13.1. The number of anilines is 1. The van der Waals surface area contributed by atoms with Crippen molar-refractivity contribution in [3.05, 3.63) is 83.8 Å². The molecule has 0 radical (unpaired) electrons. The van der Waals surface area contributed by atoms with Gasteiger partial charge in [-0.05, 0) is 30.3 Å². The molecule has 1 N–H and O–H groups in total. The molecule has 0 aliphatic heterocycles. The highest BCUT2D eigenvalue weighted by molar-refractivity contribution is 6.01. The van der Waals surface area contributed by atoms with Crippen LogP contribution in [0.4, 0.5) is 14.6 Å². The molecule has 0 saturated carbocycles. The highest BCUT2D eigenvalue weighted by atomic mass is 19.1. The van der Waals surface area contributed by atoms with Gasteiger partial charge in [-0.2, -0.15) is 5.10 Å². The first-order valence-corrected chi connectivity index (χ1v) is 7.48. The van der Waals surface area contributed by atoms with Crippen molar-refractivity contribution < 1.29 is 13.6 Å². The number of carbonyl (C=O) groups excluding carboxylic acids is 1. The van der Waals surface area contributed by atoms with Gasteiger partial charge < -0.3 is 5.32 Å². The third-order valence-corrected chi connectivity index (χ3v) is 3.34. The quantitative estimate of drug-likeness (QED) is 0.725. The first-order chi connectivity index (χ1) is 12.1. The maximum absolute atomic E-state index is 13.5. The molecule has 0 spiro atoms. The van der Waals surface area contributed by atoms with Gasteiger partial charge in [-0.25, -0.2) is 8.78 Å². The van der Waals surface area contributed by atoms with Gasteiger partial charge in [-0.1, -0.05) is 12.1 Å². The van der Waals surface area contributed by atoms with Crippen LogP contribution < -0.4 is 5.32 Å². The molecule has 2 heterocycles. The molecule has 1 aromatic carbocycles. The van der Waals surface area contributed by atoms with Crippen LogP contribution in [0.2, 0.25) is 0 Å². The Morgan fingerprint density at radius 3 is 2.64 bits per heavy atom. The highest BCUT2D eigenvalue weighted by Gasteiger charge is 2.07. The Balaban J connectivity index is 1.63. The highest BCUT2D eigenvalue weighted by Crippen LogP contribution is 2.14. The molecule has 3 aromatic rings. The van der Waals surface area contributed by atoms with E-state index in [1.165, 1.54) is 6.07 Å². The fourth-order valence-electron chi connectivity index (χ4n) is 2.17. The van der Waals surface area contributed by atoms with Gasteiger partial charge >= 0.3 is 0 Å². The number of hydrogen-bond donors (Lipinski definition) is 1. The lowest BCUT2D eigenvalue weighted by molar-refractivity contribution is -0.111. The number of pyridine rings is 1. The molecule has 0 aliphatic rings. The van der Waals surface area contributed by atoms with Crippen molar-refractivity contribution >= 4 is 17.8 Å². The van der Waals surface area contributed by atoms with Crippen molar-refractivity contribution in [2.75, 3.05) is 5.32 Å². The molecule has 0 bridgehead atoms. The van der Waals surface area contributed by atoms with Crippen LogP contribution in [0.1, 0.15) is 11.3 Å². The van der Waals surface area contributed by atoms with Crippen LogP contribution in [-0.4, -0.2) is 20.7 Å². The van der Waals surface area contributed by atoms with Crippen molar-refractivity contribution in [3.8, 4) is 0 Å². The van der Waals surface area contributed by atoms with Crippen molar-refractivity contribution in [2.24, 2.45) is 0 Å². The summed E-state index contributed by atoms with van der Waals surface area (Å²) in [6.07, 6.45) is 5.53. The lowest BCUT2D eigenvalue weighted by Gasteiger charge is -2.01. The fourth-order valence-corrected chi connectivity index (χ4v) is 2.17. The third-order valence-electron chi connectivity index (χ3n) is 3.34. The molecule has 0 saturated heterocycles. The van der Waals surface area contributed by atoms with E-state index in [0.717, 1.165) is 30.0 Å². The average molecular weight is 340 g/mol. The van der Waals surface area contributed by atoms with Crippen LogP contribution in [0.25, 0.3) is 6.08 Å². The lowest BCUT2D eigenvalue weighted by Crippen LogP contribution is -2.09. The summed E-state index contributed by atoms with van der Waals surface area (Å²) < 4.78 is 28.6. The van der Waals surface area contributed by atoms with E-state index < -0.39 is 17.5 Å². The Hall–Kier alpha value is -3.35. The smallest absolute Gasteiger partial charge is 0.249 e. The number of amides is 1. The molecular weight excluding hydrogens is 326 g/mol. The third kappa shape index (κ3) is 4.35. The number of nitrogens with one attached hydrogen (secondary N) is 1. The molecule has 1 amide bonds. The number of halogens is 2. The van der Waals surface area contributed by atoms with Crippen molar-refractivity contribution in [1.29, 1.82) is 0 Å². The second-order valence-electron chi connectivity index (χ2n) is 5.18. The van der Waals surface area contributed by atoms with Gasteiger partial charge in [0.25, 0.3) is 0 Å². The molecule has 2 aromatic heterocycles. The van der Waals surface area contributed by atoms with Crippen molar-refractivity contribution in [3.63, 3.8) is 0 Å². The van der Waals surface area contributed by atoms with E-state index in [1.807, 2.05) is 18.2 Å². The molecule has 126 valence electrons. The maximum atomic E-state index is 13.5. The van der Waals surface area contributed by atoms with Gasteiger partial charge in [0.2, 0.25) is 5.91 Å². The summed E-state index contributed by atoms with van der Waals surface area (Å²) >= 11 is 0. The zero-order valence-electron chi connectivity index (χ0n) is 13.1. The lowest BCUT2D eigenvalue weighted by atomic mass is 10.2. The van der Waals surface area contributed by atoms with E-state index in [1.54, 1.807) is 23.1 Å². The molecule has 0 atom stereocenters. The summed E-state index contributed by atoms with van der Waals surface area (Å²) in [7, 11) is 0. The molecule has 5 nitrogen and oxygen atoms in total. The first-order valence-electron chi connectivity index (χ1n) is 7.48. The maximum Gasteiger partial charge on any atom is 0.249 e. The van der Waals surface area contributed by atoms with Gasteiger partial charge in [-0.15, -0.1) is 0 Å². The van der Waals surface area contributed by atoms with Gasteiger partial charge in [0.1, 0.15) is 11.6 Å². The molecule has 0 aliphatic carbocycles. The Morgan fingerprint density at radius 2 is 1.92 bits per heavy atom. The second kappa shape index (κ2) is 7.48. The van der Waals surface area contributed by atoms with Crippen molar-refractivity contribution in [2.45, 2.75) is 6.54 Å². The summed E-state index contributed by atoms with van der Waals surface area (Å²) in [5.74, 6) is -1.67. The minimum atomic E-state index is -0.733. The number of rotatable bonds is 5. The van der Waals surface area contributed by atoms with Gasteiger partial charge in [-0.3, -0.25) is 14.5 Å². The number of nitrogens with zero attached hydrogens (tertiary/aromatic N) is 3. The van der Waals surface area contributed by atoms with E-state index in [9.17, 15) is 13.6 Å². The first kappa shape index (κ1) is 16.5. The zero-order chi connectivity index (χ0) is 17.6. The number of carbonyl (C=O) groups is 1. The predicted octanol–water partition coefficient (Wildman–Crippen LogP) is 3.26. The summed E-state index contributed by atoms with van der Waals surface area (Å²) in [5.41, 5.74) is 0.566. The summed E-state index contributed by atoms with van der Waals surface area (Å²) in [6.45, 7) is 0.465. The SMILES string of the molecule is O=C(/C=C/c1c(F)cccc1F)Nc1ccn(Cc2ccccn2)n1. The van der Waals surface area contributed by atoms with Crippen LogP contribution in [0.15, 0.2) is 60.9 Å². The predicted molar refractivity (Wildman–Crippen MR) is 89.6 cm³/mol. The molecule has 3 rings (SSSR count). The number of aromatic nitrogens is 3. The normalized spacial score (nSPS) is 11.0. The van der Waals surface area contributed by atoms with E-state index in [4.69, 9.17) is 0 Å². The van der Waals surface area contributed by atoms with E-state index in [2.05, 4.69) is 15.4 Å². The number of benzene rings is 1. The van der Waals surface area contributed by atoms with E-state index >= 15 is 0 Å². The monoisotopic (exact) mass is 340 g/mol.